The van der Waals surface area contributed by atoms with Crippen molar-refractivity contribution >= 4 is 15.9 Å². The fourth-order valence-corrected chi connectivity index (χ4v) is 3.68. The summed E-state index contributed by atoms with van der Waals surface area (Å²) >= 11 is 3.50. The Morgan fingerprint density at radius 1 is 1.24 bits per heavy atom. The van der Waals surface area contributed by atoms with Gasteiger partial charge in [0, 0.05) is 29.6 Å². The van der Waals surface area contributed by atoms with E-state index in [1.165, 1.54) is 37.7 Å². The topological polar surface area (TPSA) is 49.5 Å². The highest BCUT2D eigenvalue weighted by atomic mass is 79.9. The molecular formula is C17H27BrN2O. The number of nitrogens with two attached hydrogens (primary N) is 1. The molecule has 1 unspecified atom stereocenters. The fraction of sp³-hybridized carbons (Fsp3) is 0.647. The number of aliphatic hydroxyl groups excluding tert-OH is 1. The van der Waals surface area contributed by atoms with Gasteiger partial charge in [0.25, 0.3) is 0 Å². The zero-order chi connectivity index (χ0) is 15.1. The van der Waals surface area contributed by atoms with Gasteiger partial charge in [-0.3, -0.25) is 4.90 Å². The van der Waals surface area contributed by atoms with Crippen molar-refractivity contribution in [2.45, 2.75) is 50.6 Å². The molecular weight excluding hydrogens is 328 g/mol. The van der Waals surface area contributed by atoms with Crippen LogP contribution in [0, 0.1) is 0 Å². The number of rotatable bonds is 7. The van der Waals surface area contributed by atoms with Crippen molar-refractivity contribution in [2.24, 2.45) is 5.73 Å². The van der Waals surface area contributed by atoms with E-state index in [9.17, 15) is 5.11 Å². The first-order chi connectivity index (χ1) is 10.2. The number of hydrogen-bond acceptors (Lipinski definition) is 3. The van der Waals surface area contributed by atoms with E-state index < -0.39 is 0 Å². The SMILES string of the molecule is NC(CCN(CCO)C1CCCCC1)c1cccc(Br)c1. The van der Waals surface area contributed by atoms with Gasteiger partial charge >= 0.3 is 0 Å². The van der Waals surface area contributed by atoms with Crippen molar-refractivity contribution in [3.8, 4) is 0 Å². The third kappa shape index (κ3) is 5.37. The lowest BCUT2D eigenvalue weighted by atomic mass is 9.93. The van der Waals surface area contributed by atoms with Crippen molar-refractivity contribution in [1.82, 2.24) is 4.90 Å². The lowest BCUT2D eigenvalue weighted by molar-refractivity contribution is 0.120. The lowest BCUT2D eigenvalue weighted by Crippen LogP contribution is -2.40. The minimum Gasteiger partial charge on any atom is -0.395 e. The number of nitrogens with zero attached hydrogens (tertiary/aromatic N) is 1. The molecule has 0 heterocycles. The second-order valence-electron chi connectivity index (χ2n) is 6.00. The first kappa shape index (κ1) is 16.9. The fourth-order valence-electron chi connectivity index (χ4n) is 3.26. The van der Waals surface area contributed by atoms with Crippen LogP contribution in [0.25, 0.3) is 0 Å². The maximum atomic E-state index is 9.31. The third-order valence-corrected chi connectivity index (χ3v) is 4.98. The number of aliphatic hydroxyl groups is 1. The van der Waals surface area contributed by atoms with E-state index in [1.807, 2.05) is 12.1 Å². The predicted molar refractivity (Wildman–Crippen MR) is 91.2 cm³/mol. The molecule has 0 radical (unpaired) electrons. The average Bonchev–Trinajstić information content (AvgIpc) is 2.52. The molecule has 118 valence electrons. The van der Waals surface area contributed by atoms with E-state index in [4.69, 9.17) is 5.73 Å². The maximum absolute atomic E-state index is 9.31. The monoisotopic (exact) mass is 354 g/mol. The first-order valence-electron chi connectivity index (χ1n) is 8.06. The van der Waals surface area contributed by atoms with Crippen LogP contribution in [-0.4, -0.2) is 35.7 Å². The largest absolute Gasteiger partial charge is 0.395 e. The van der Waals surface area contributed by atoms with E-state index in [0.717, 1.165) is 24.0 Å². The lowest BCUT2D eigenvalue weighted by Gasteiger charge is -2.34. The quantitative estimate of drug-likeness (QED) is 0.788. The van der Waals surface area contributed by atoms with Crippen LogP contribution in [0.2, 0.25) is 0 Å². The highest BCUT2D eigenvalue weighted by Crippen LogP contribution is 2.24. The van der Waals surface area contributed by atoms with E-state index >= 15 is 0 Å². The first-order valence-corrected chi connectivity index (χ1v) is 8.86. The summed E-state index contributed by atoms with van der Waals surface area (Å²) in [6.45, 7) is 1.98. The molecule has 1 aliphatic carbocycles. The Morgan fingerprint density at radius 2 is 2.00 bits per heavy atom. The molecule has 0 amide bonds. The van der Waals surface area contributed by atoms with Gasteiger partial charge in [0.15, 0.2) is 0 Å². The van der Waals surface area contributed by atoms with Crippen molar-refractivity contribution < 1.29 is 5.11 Å². The molecule has 2 rings (SSSR count). The summed E-state index contributed by atoms with van der Waals surface area (Å²) in [5, 5.41) is 9.31. The third-order valence-electron chi connectivity index (χ3n) is 4.48. The van der Waals surface area contributed by atoms with Crippen molar-refractivity contribution in [2.75, 3.05) is 19.7 Å². The molecule has 1 aliphatic rings. The van der Waals surface area contributed by atoms with Gasteiger partial charge in [-0.25, -0.2) is 0 Å². The van der Waals surface area contributed by atoms with E-state index in [2.05, 4.69) is 33.0 Å². The van der Waals surface area contributed by atoms with Crippen LogP contribution in [0.4, 0.5) is 0 Å². The van der Waals surface area contributed by atoms with Gasteiger partial charge < -0.3 is 10.8 Å². The molecule has 1 atom stereocenters. The minimum atomic E-state index is 0.0623. The Hall–Kier alpha value is -0.420. The molecule has 3 N–H and O–H groups in total. The van der Waals surface area contributed by atoms with E-state index in [1.54, 1.807) is 0 Å². The van der Waals surface area contributed by atoms with Crippen LogP contribution >= 0.6 is 15.9 Å². The standard InChI is InChI=1S/C17H27BrN2O/c18-15-6-4-5-14(13-15)17(19)9-10-20(11-12-21)16-7-2-1-3-8-16/h4-6,13,16-17,21H,1-3,7-12,19H2. The summed E-state index contributed by atoms with van der Waals surface area (Å²) in [6, 6.07) is 8.95. The Balaban J connectivity index is 1.88. The van der Waals surface area contributed by atoms with E-state index in [-0.39, 0.29) is 12.6 Å². The van der Waals surface area contributed by atoms with Crippen LogP contribution in [0.3, 0.4) is 0 Å². The number of halogens is 1. The summed E-state index contributed by atoms with van der Waals surface area (Å²) in [5.74, 6) is 0. The average molecular weight is 355 g/mol. The van der Waals surface area contributed by atoms with Gasteiger partial charge in [0.05, 0.1) is 6.61 Å². The highest BCUT2D eigenvalue weighted by Gasteiger charge is 2.21. The Bertz CT molecular complexity index is 421. The zero-order valence-electron chi connectivity index (χ0n) is 12.7. The predicted octanol–water partition coefficient (Wildman–Crippen LogP) is 3.47. The molecule has 1 aromatic rings. The van der Waals surface area contributed by atoms with Crippen LogP contribution < -0.4 is 5.73 Å². The molecule has 0 bridgehead atoms. The van der Waals surface area contributed by atoms with Crippen LogP contribution in [0.1, 0.15) is 50.1 Å². The summed E-state index contributed by atoms with van der Waals surface area (Å²) in [4.78, 5) is 2.44. The molecule has 3 nitrogen and oxygen atoms in total. The highest BCUT2D eigenvalue weighted by molar-refractivity contribution is 9.10. The van der Waals surface area contributed by atoms with Crippen LogP contribution in [-0.2, 0) is 0 Å². The molecule has 1 aromatic carbocycles. The van der Waals surface area contributed by atoms with Gasteiger partial charge in [-0.1, -0.05) is 47.3 Å². The zero-order valence-corrected chi connectivity index (χ0v) is 14.3. The molecule has 1 saturated carbocycles. The molecule has 0 aliphatic heterocycles. The van der Waals surface area contributed by atoms with E-state index in [0.29, 0.717) is 6.04 Å². The molecule has 4 heteroatoms. The van der Waals surface area contributed by atoms with Gasteiger partial charge in [0.2, 0.25) is 0 Å². The van der Waals surface area contributed by atoms with Gasteiger partial charge in [-0.15, -0.1) is 0 Å². The summed E-state index contributed by atoms with van der Waals surface area (Å²) < 4.78 is 1.08. The maximum Gasteiger partial charge on any atom is 0.0558 e. The Kier molecular flexibility index (Phi) is 7.17. The van der Waals surface area contributed by atoms with Crippen LogP contribution in [0.15, 0.2) is 28.7 Å². The second kappa shape index (κ2) is 8.89. The summed E-state index contributed by atoms with van der Waals surface area (Å²) in [7, 11) is 0. The molecule has 0 saturated heterocycles. The van der Waals surface area contributed by atoms with Crippen molar-refractivity contribution in [1.29, 1.82) is 0 Å². The van der Waals surface area contributed by atoms with Crippen LogP contribution in [0.5, 0.6) is 0 Å². The minimum absolute atomic E-state index is 0.0623. The molecule has 0 aromatic heterocycles. The number of benzene rings is 1. The van der Waals surface area contributed by atoms with Gasteiger partial charge in [0.1, 0.15) is 0 Å². The summed E-state index contributed by atoms with van der Waals surface area (Å²) in [5.41, 5.74) is 7.51. The Labute approximate surface area is 136 Å². The second-order valence-corrected chi connectivity index (χ2v) is 6.92. The number of hydrogen-bond donors (Lipinski definition) is 2. The molecule has 0 spiro atoms. The Morgan fingerprint density at radius 3 is 2.67 bits per heavy atom. The molecule has 21 heavy (non-hydrogen) atoms. The van der Waals surface area contributed by atoms with Crippen molar-refractivity contribution in [3.05, 3.63) is 34.3 Å². The normalized spacial score (nSPS) is 18.1. The van der Waals surface area contributed by atoms with Gasteiger partial charge in [-0.2, -0.15) is 0 Å². The van der Waals surface area contributed by atoms with Gasteiger partial charge in [-0.05, 0) is 37.0 Å². The van der Waals surface area contributed by atoms with Crippen molar-refractivity contribution in [3.63, 3.8) is 0 Å². The smallest absolute Gasteiger partial charge is 0.0558 e. The summed E-state index contributed by atoms with van der Waals surface area (Å²) in [6.07, 6.45) is 7.49. The molecule has 1 fully saturated rings.